The number of nitrogens with two attached hydrogens (primary N) is 1. The van der Waals surface area contributed by atoms with Crippen molar-refractivity contribution < 1.29 is 13.2 Å². The number of hydrogen-bond donors (Lipinski definition) is 2. The standard InChI is InChI=1S/C17H22ClN5O4S/c1-10-5-6-12(7-14(10)28(26,27)22(3)4)21-15(24)9-23-17(25)16(11(2)19)13(18)8-20-23/h5-8,11H,9,19H2,1-4H3,(H,21,24)/t11-/m1/s1. The lowest BCUT2D eigenvalue weighted by Crippen LogP contribution is -2.33. The van der Waals surface area contributed by atoms with Gasteiger partial charge in [0.05, 0.1) is 21.7 Å². The summed E-state index contributed by atoms with van der Waals surface area (Å²) in [6.07, 6.45) is 1.25. The van der Waals surface area contributed by atoms with E-state index in [4.69, 9.17) is 17.3 Å². The Kier molecular flexibility index (Phi) is 6.60. The van der Waals surface area contributed by atoms with Crippen molar-refractivity contribution in [1.82, 2.24) is 14.1 Å². The molecule has 3 N–H and O–H groups in total. The second-order valence-electron chi connectivity index (χ2n) is 6.47. The van der Waals surface area contributed by atoms with Crippen molar-refractivity contribution in [3.8, 4) is 0 Å². The van der Waals surface area contributed by atoms with Crippen LogP contribution < -0.4 is 16.6 Å². The van der Waals surface area contributed by atoms with Gasteiger partial charge in [-0.2, -0.15) is 5.10 Å². The number of rotatable bonds is 6. The van der Waals surface area contributed by atoms with Gasteiger partial charge >= 0.3 is 0 Å². The number of sulfonamides is 1. The zero-order valence-electron chi connectivity index (χ0n) is 15.9. The zero-order valence-corrected chi connectivity index (χ0v) is 17.5. The Morgan fingerprint density at radius 2 is 2.04 bits per heavy atom. The summed E-state index contributed by atoms with van der Waals surface area (Å²) in [5.41, 5.74) is 6.18. The maximum absolute atomic E-state index is 12.4. The first kappa shape index (κ1) is 22.0. The fourth-order valence-electron chi connectivity index (χ4n) is 2.50. The Morgan fingerprint density at radius 3 is 2.61 bits per heavy atom. The summed E-state index contributed by atoms with van der Waals surface area (Å²) in [5.74, 6) is -0.551. The number of carbonyl (C=O) groups excluding carboxylic acids is 1. The van der Waals surface area contributed by atoms with Crippen LogP contribution in [0.4, 0.5) is 5.69 Å². The Balaban J connectivity index is 2.28. The van der Waals surface area contributed by atoms with E-state index in [0.29, 0.717) is 5.56 Å². The van der Waals surface area contributed by atoms with Crippen LogP contribution in [0.25, 0.3) is 0 Å². The molecule has 0 aliphatic rings. The van der Waals surface area contributed by atoms with Crippen molar-refractivity contribution in [3.63, 3.8) is 0 Å². The van der Waals surface area contributed by atoms with E-state index in [2.05, 4.69) is 10.4 Å². The van der Waals surface area contributed by atoms with Crippen LogP contribution in [-0.4, -0.2) is 42.5 Å². The molecule has 0 aliphatic carbocycles. The van der Waals surface area contributed by atoms with Gasteiger partial charge in [-0.25, -0.2) is 17.4 Å². The van der Waals surface area contributed by atoms with Gasteiger partial charge in [0, 0.05) is 25.8 Å². The highest BCUT2D eigenvalue weighted by Gasteiger charge is 2.21. The molecule has 1 aromatic carbocycles. The van der Waals surface area contributed by atoms with Gasteiger partial charge in [0.15, 0.2) is 0 Å². The predicted molar refractivity (Wildman–Crippen MR) is 107 cm³/mol. The van der Waals surface area contributed by atoms with E-state index in [1.54, 1.807) is 26.0 Å². The molecule has 0 saturated heterocycles. The van der Waals surface area contributed by atoms with Gasteiger partial charge in [-0.3, -0.25) is 9.59 Å². The second kappa shape index (κ2) is 8.39. The van der Waals surface area contributed by atoms with Crippen molar-refractivity contribution in [2.24, 2.45) is 5.73 Å². The van der Waals surface area contributed by atoms with E-state index in [-0.39, 0.29) is 27.7 Å². The van der Waals surface area contributed by atoms with Gasteiger partial charge in [-0.15, -0.1) is 0 Å². The van der Waals surface area contributed by atoms with Crippen molar-refractivity contribution >= 4 is 33.2 Å². The number of anilines is 1. The summed E-state index contributed by atoms with van der Waals surface area (Å²) in [5, 5.41) is 6.56. The summed E-state index contributed by atoms with van der Waals surface area (Å²) < 4.78 is 26.8. The Hall–Kier alpha value is -2.27. The number of benzene rings is 1. The molecule has 2 aromatic rings. The summed E-state index contributed by atoms with van der Waals surface area (Å²) in [6, 6.07) is 3.92. The number of carbonyl (C=O) groups is 1. The van der Waals surface area contributed by atoms with Crippen LogP contribution in [0.3, 0.4) is 0 Å². The van der Waals surface area contributed by atoms with Crippen LogP contribution >= 0.6 is 11.6 Å². The van der Waals surface area contributed by atoms with Crippen LogP contribution in [-0.2, 0) is 21.4 Å². The number of aryl methyl sites for hydroxylation is 1. The van der Waals surface area contributed by atoms with Crippen LogP contribution in [0.5, 0.6) is 0 Å². The highest BCUT2D eigenvalue weighted by Crippen LogP contribution is 2.22. The van der Waals surface area contributed by atoms with Crippen LogP contribution in [0.2, 0.25) is 5.02 Å². The molecular formula is C17H22ClN5O4S. The van der Waals surface area contributed by atoms with Crippen molar-refractivity contribution in [2.75, 3.05) is 19.4 Å². The van der Waals surface area contributed by atoms with Gasteiger partial charge in [0.1, 0.15) is 6.54 Å². The molecular weight excluding hydrogens is 406 g/mol. The summed E-state index contributed by atoms with van der Waals surface area (Å²) in [7, 11) is -0.815. The van der Waals surface area contributed by atoms with Gasteiger partial charge < -0.3 is 11.1 Å². The lowest BCUT2D eigenvalue weighted by molar-refractivity contribution is -0.117. The minimum atomic E-state index is -3.67. The third kappa shape index (κ3) is 4.58. The summed E-state index contributed by atoms with van der Waals surface area (Å²) in [4.78, 5) is 24.8. The third-order valence-corrected chi connectivity index (χ3v) is 6.27. The fraction of sp³-hybridized carbons (Fsp3) is 0.353. The van der Waals surface area contributed by atoms with Gasteiger partial charge in [0.2, 0.25) is 15.9 Å². The minimum Gasteiger partial charge on any atom is -0.324 e. The largest absolute Gasteiger partial charge is 0.324 e. The highest BCUT2D eigenvalue weighted by molar-refractivity contribution is 7.89. The van der Waals surface area contributed by atoms with E-state index in [0.717, 1.165) is 8.99 Å². The van der Waals surface area contributed by atoms with Crippen molar-refractivity contribution in [1.29, 1.82) is 0 Å². The number of nitrogens with zero attached hydrogens (tertiary/aromatic N) is 3. The molecule has 1 atom stereocenters. The molecule has 0 unspecified atom stereocenters. The molecule has 0 bridgehead atoms. The normalized spacial score (nSPS) is 12.8. The van der Waals surface area contributed by atoms with E-state index in [1.165, 1.54) is 26.4 Å². The lowest BCUT2D eigenvalue weighted by atomic mass is 10.2. The summed E-state index contributed by atoms with van der Waals surface area (Å²) >= 11 is 5.95. The first-order valence-corrected chi connectivity index (χ1v) is 10.1. The van der Waals surface area contributed by atoms with E-state index in [1.807, 2.05) is 0 Å². The molecule has 0 aliphatic heterocycles. The van der Waals surface area contributed by atoms with E-state index in [9.17, 15) is 18.0 Å². The van der Waals surface area contributed by atoms with Gasteiger partial charge in [0.25, 0.3) is 5.56 Å². The van der Waals surface area contributed by atoms with E-state index >= 15 is 0 Å². The fourth-order valence-corrected chi connectivity index (χ4v) is 3.94. The Morgan fingerprint density at radius 1 is 1.39 bits per heavy atom. The molecule has 28 heavy (non-hydrogen) atoms. The molecule has 9 nitrogen and oxygen atoms in total. The molecule has 1 aromatic heterocycles. The van der Waals surface area contributed by atoms with Gasteiger partial charge in [-0.05, 0) is 31.5 Å². The quantitative estimate of drug-likeness (QED) is 0.710. The number of aromatic nitrogens is 2. The third-order valence-electron chi connectivity index (χ3n) is 4.01. The highest BCUT2D eigenvalue weighted by atomic mass is 35.5. The SMILES string of the molecule is Cc1ccc(NC(=O)Cn2ncc(Cl)c([C@@H](C)N)c2=O)cc1S(=O)(=O)N(C)C. The molecule has 0 spiro atoms. The number of halogens is 1. The monoisotopic (exact) mass is 427 g/mol. The lowest BCUT2D eigenvalue weighted by Gasteiger charge is -2.15. The molecule has 0 radical (unpaired) electrons. The average Bonchev–Trinajstić information content (AvgIpc) is 2.58. The number of hydrogen-bond acceptors (Lipinski definition) is 6. The van der Waals surface area contributed by atoms with Crippen molar-refractivity contribution in [3.05, 3.63) is 50.9 Å². The topological polar surface area (TPSA) is 127 Å². The maximum Gasteiger partial charge on any atom is 0.273 e. The summed E-state index contributed by atoms with van der Waals surface area (Å²) in [6.45, 7) is 2.89. The Bertz CT molecular complexity index is 1060. The molecule has 11 heteroatoms. The molecule has 2 rings (SSSR count). The average molecular weight is 428 g/mol. The zero-order chi connectivity index (χ0) is 21.2. The molecule has 1 amide bonds. The van der Waals surface area contributed by atoms with Crippen molar-refractivity contribution in [2.45, 2.75) is 31.3 Å². The predicted octanol–water partition coefficient (Wildman–Crippen LogP) is 1.11. The van der Waals surface area contributed by atoms with Crippen LogP contribution in [0.1, 0.15) is 24.1 Å². The van der Waals surface area contributed by atoms with Crippen LogP contribution in [0.15, 0.2) is 34.1 Å². The van der Waals surface area contributed by atoms with E-state index < -0.39 is 27.5 Å². The Labute approximate surface area is 168 Å². The maximum atomic E-state index is 12.4. The first-order chi connectivity index (χ1) is 12.9. The van der Waals surface area contributed by atoms with Gasteiger partial charge in [-0.1, -0.05) is 17.7 Å². The second-order valence-corrected chi connectivity index (χ2v) is 9.00. The smallest absolute Gasteiger partial charge is 0.273 e. The molecule has 152 valence electrons. The molecule has 0 saturated carbocycles. The number of nitrogens with one attached hydrogen (secondary N) is 1. The number of amides is 1. The minimum absolute atomic E-state index is 0.0799. The molecule has 1 heterocycles. The molecule has 0 fully saturated rings. The first-order valence-electron chi connectivity index (χ1n) is 8.29. The van der Waals surface area contributed by atoms with Crippen LogP contribution in [0, 0.1) is 6.92 Å².